The maximum Gasteiger partial charge on any atom is 0.270 e. The fourth-order valence-electron chi connectivity index (χ4n) is 3.22. The third kappa shape index (κ3) is 3.57. The maximum absolute atomic E-state index is 11.2. The van der Waals surface area contributed by atoms with Crippen molar-refractivity contribution in [1.82, 2.24) is 15.0 Å². The molecule has 0 bridgehead atoms. The molecule has 4 rings (SSSR count). The zero-order valence-corrected chi connectivity index (χ0v) is 16.6. The Balaban J connectivity index is 1.89. The first-order chi connectivity index (χ1) is 13.9. The van der Waals surface area contributed by atoms with Gasteiger partial charge in [-0.15, -0.1) is 11.3 Å². The Hall–Kier alpha value is -3.65. The summed E-state index contributed by atoms with van der Waals surface area (Å²) in [5, 5.41) is 12.2. The molecule has 0 atom stereocenters. The summed E-state index contributed by atoms with van der Waals surface area (Å²) in [4.78, 5) is 25.4. The summed E-state index contributed by atoms with van der Waals surface area (Å²) >= 11 is 1.57. The molecule has 0 fully saturated rings. The highest BCUT2D eigenvalue weighted by Crippen LogP contribution is 2.37. The van der Waals surface area contributed by atoms with Gasteiger partial charge in [-0.05, 0) is 37.1 Å². The molecule has 2 aromatic carbocycles. The lowest BCUT2D eigenvalue weighted by atomic mass is 9.97. The number of hydrogen-bond acceptors (Lipinski definition) is 7. The lowest BCUT2D eigenvalue weighted by Gasteiger charge is -2.12. The standard InChI is InChI=1S/C21H17N5O2S/c1-12-20(29-13(2)24-12)18-9-10-23-21(25-18)19-16(7-4-8-17(19)22)14-5-3-6-15(11-14)26(27)28/h3-11H,22H2,1-2H3. The lowest BCUT2D eigenvalue weighted by molar-refractivity contribution is -0.384. The number of hydrogen-bond donors (Lipinski definition) is 1. The van der Waals surface area contributed by atoms with Crippen LogP contribution >= 0.6 is 11.3 Å². The van der Waals surface area contributed by atoms with Gasteiger partial charge in [0.2, 0.25) is 0 Å². The van der Waals surface area contributed by atoms with Gasteiger partial charge in [-0.2, -0.15) is 0 Å². The van der Waals surface area contributed by atoms with E-state index in [4.69, 9.17) is 10.7 Å². The largest absolute Gasteiger partial charge is 0.398 e. The van der Waals surface area contributed by atoms with E-state index in [2.05, 4.69) is 9.97 Å². The van der Waals surface area contributed by atoms with Crippen LogP contribution in [0.25, 0.3) is 33.1 Å². The van der Waals surface area contributed by atoms with Crippen molar-refractivity contribution in [2.45, 2.75) is 13.8 Å². The van der Waals surface area contributed by atoms with Crippen LogP contribution in [0.15, 0.2) is 54.7 Å². The normalized spacial score (nSPS) is 10.8. The molecule has 0 saturated heterocycles. The topological polar surface area (TPSA) is 108 Å². The minimum Gasteiger partial charge on any atom is -0.398 e. The fourth-order valence-corrected chi connectivity index (χ4v) is 4.11. The zero-order chi connectivity index (χ0) is 20.5. The van der Waals surface area contributed by atoms with Crippen molar-refractivity contribution in [2.75, 3.05) is 5.73 Å². The average Bonchev–Trinajstić information content (AvgIpc) is 3.06. The maximum atomic E-state index is 11.2. The van der Waals surface area contributed by atoms with Gasteiger partial charge in [-0.3, -0.25) is 10.1 Å². The molecule has 0 aliphatic carbocycles. The first-order valence-electron chi connectivity index (χ1n) is 8.85. The van der Waals surface area contributed by atoms with Crippen LogP contribution in [0, 0.1) is 24.0 Å². The minimum atomic E-state index is -0.415. The SMILES string of the molecule is Cc1nc(C)c(-c2ccnc(-c3c(N)cccc3-c3cccc([N+](=O)[O-])c3)n2)s1. The van der Waals surface area contributed by atoms with E-state index >= 15 is 0 Å². The Morgan fingerprint density at radius 1 is 1.07 bits per heavy atom. The van der Waals surface area contributed by atoms with Gasteiger partial charge in [0, 0.05) is 29.6 Å². The highest BCUT2D eigenvalue weighted by molar-refractivity contribution is 7.15. The average molecular weight is 403 g/mol. The first-order valence-corrected chi connectivity index (χ1v) is 9.67. The van der Waals surface area contributed by atoms with Crippen molar-refractivity contribution < 1.29 is 4.92 Å². The van der Waals surface area contributed by atoms with Gasteiger partial charge < -0.3 is 5.73 Å². The van der Waals surface area contributed by atoms with Gasteiger partial charge in [0.05, 0.1) is 26.2 Å². The van der Waals surface area contributed by atoms with E-state index in [9.17, 15) is 10.1 Å². The van der Waals surface area contributed by atoms with Gasteiger partial charge >= 0.3 is 0 Å². The van der Waals surface area contributed by atoms with Crippen LogP contribution in [0.3, 0.4) is 0 Å². The quantitative estimate of drug-likeness (QED) is 0.290. The molecule has 7 nitrogen and oxygen atoms in total. The van der Waals surface area contributed by atoms with Gasteiger partial charge in [-0.1, -0.05) is 24.3 Å². The molecular formula is C21H17N5O2S. The number of nitro benzene ring substituents is 1. The molecule has 0 spiro atoms. The number of aryl methyl sites for hydroxylation is 2. The monoisotopic (exact) mass is 403 g/mol. The summed E-state index contributed by atoms with van der Waals surface area (Å²) in [6, 6.07) is 13.7. The number of anilines is 1. The van der Waals surface area contributed by atoms with Crippen molar-refractivity contribution >= 4 is 22.7 Å². The Morgan fingerprint density at radius 3 is 2.59 bits per heavy atom. The Labute approximate surface area is 171 Å². The predicted molar refractivity (Wildman–Crippen MR) is 115 cm³/mol. The van der Waals surface area contributed by atoms with Crippen LogP contribution in [-0.2, 0) is 0 Å². The smallest absolute Gasteiger partial charge is 0.270 e. The van der Waals surface area contributed by atoms with Gasteiger partial charge in [0.1, 0.15) is 0 Å². The van der Waals surface area contributed by atoms with E-state index in [1.165, 1.54) is 12.1 Å². The van der Waals surface area contributed by atoms with E-state index in [-0.39, 0.29) is 5.69 Å². The zero-order valence-electron chi connectivity index (χ0n) is 15.8. The Morgan fingerprint density at radius 2 is 1.86 bits per heavy atom. The van der Waals surface area contributed by atoms with E-state index in [0.717, 1.165) is 26.8 Å². The molecule has 29 heavy (non-hydrogen) atoms. The molecular weight excluding hydrogens is 386 g/mol. The summed E-state index contributed by atoms with van der Waals surface area (Å²) in [6.07, 6.45) is 1.69. The van der Waals surface area contributed by atoms with E-state index in [1.807, 2.05) is 38.1 Å². The molecule has 2 heterocycles. The van der Waals surface area contributed by atoms with Crippen molar-refractivity contribution in [2.24, 2.45) is 0 Å². The molecule has 8 heteroatoms. The van der Waals surface area contributed by atoms with E-state index in [1.54, 1.807) is 29.7 Å². The number of benzene rings is 2. The lowest BCUT2D eigenvalue weighted by Crippen LogP contribution is -1.99. The first kappa shape index (κ1) is 18.7. The van der Waals surface area contributed by atoms with Gasteiger partial charge in [0.15, 0.2) is 5.82 Å². The van der Waals surface area contributed by atoms with Crippen molar-refractivity contribution in [3.05, 3.63) is 75.5 Å². The third-order valence-corrected chi connectivity index (χ3v) is 5.58. The molecule has 0 aliphatic heterocycles. The molecule has 4 aromatic rings. The molecule has 0 saturated carbocycles. The number of aromatic nitrogens is 3. The number of nitrogens with two attached hydrogens (primary N) is 1. The van der Waals surface area contributed by atoms with Gasteiger partial charge in [-0.25, -0.2) is 15.0 Å². The molecule has 0 aliphatic rings. The van der Waals surface area contributed by atoms with Crippen molar-refractivity contribution in [1.29, 1.82) is 0 Å². The third-order valence-electron chi connectivity index (χ3n) is 4.48. The van der Waals surface area contributed by atoms with Crippen LogP contribution in [0.1, 0.15) is 10.7 Å². The second-order valence-electron chi connectivity index (χ2n) is 6.49. The van der Waals surface area contributed by atoms with E-state index in [0.29, 0.717) is 22.6 Å². The van der Waals surface area contributed by atoms with Crippen LogP contribution in [0.5, 0.6) is 0 Å². The summed E-state index contributed by atoms with van der Waals surface area (Å²) in [6.45, 7) is 3.91. The number of non-ortho nitro benzene ring substituents is 1. The van der Waals surface area contributed by atoms with Crippen LogP contribution in [-0.4, -0.2) is 19.9 Å². The Kier molecular flexibility index (Phi) is 4.77. The van der Waals surface area contributed by atoms with E-state index < -0.39 is 4.92 Å². The van der Waals surface area contributed by atoms with Crippen molar-refractivity contribution in [3.63, 3.8) is 0 Å². The Bertz CT molecular complexity index is 1240. The predicted octanol–water partition coefficient (Wildman–Crippen LogP) is 5.04. The summed E-state index contributed by atoms with van der Waals surface area (Å²) < 4.78 is 0. The summed E-state index contributed by atoms with van der Waals surface area (Å²) in [5.74, 6) is 0.465. The second-order valence-corrected chi connectivity index (χ2v) is 7.69. The molecule has 2 N–H and O–H groups in total. The van der Waals surface area contributed by atoms with Gasteiger partial charge in [0.25, 0.3) is 5.69 Å². The fraction of sp³-hybridized carbons (Fsp3) is 0.0952. The summed E-state index contributed by atoms with van der Waals surface area (Å²) in [7, 11) is 0. The second kappa shape index (κ2) is 7.40. The molecule has 2 aromatic heterocycles. The number of nitrogens with zero attached hydrogens (tertiary/aromatic N) is 4. The van der Waals surface area contributed by atoms with Crippen LogP contribution < -0.4 is 5.73 Å². The number of rotatable bonds is 4. The van der Waals surface area contributed by atoms with Crippen LogP contribution in [0.2, 0.25) is 0 Å². The molecule has 144 valence electrons. The highest BCUT2D eigenvalue weighted by atomic mass is 32.1. The number of nitro groups is 1. The van der Waals surface area contributed by atoms with Crippen LogP contribution in [0.4, 0.5) is 11.4 Å². The van der Waals surface area contributed by atoms with Crippen molar-refractivity contribution in [3.8, 4) is 33.1 Å². The minimum absolute atomic E-state index is 0.0151. The highest BCUT2D eigenvalue weighted by Gasteiger charge is 2.17. The summed E-state index contributed by atoms with van der Waals surface area (Å²) in [5.41, 5.74) is 10.6. The molecule has 0 radical (unpaired) electrons. The number of thiazole rings is 1. The number of nitrogen functional groups attached to an aromatic ring is 1. The molecule has 0 amide bonds. The molecule has 0 unspecified atom stereocenters.